The van der Waals surface area contributed by atoms with Gasteiger partial charge in [-0.15, -0.1) is 0 Å². The summed E-state index contributed by atoms with van der Waals surface area (Å²) >= 11 is 0. The first-order chi connectivity index (χ1) is 8.33. The van der Waals surface area contributed by atoms with Gasteiger partial charge in [0.15, 0.2) is 0 Å². The summed E-state index contributed by atoms with van der Waals surface area (Å²) in [6.07, 6.45) is 9.84. The molecule has 0 heteroatoms. The van der Waals surface area contributed by atoms with E-state index in [2.05, 4.69) is 38.1 Å². The summed E-state index contributed by atoms with van der Waals surface area (Å²) in [6.45, 7) is 4.67. The molecule has 1 aromatic rings. The molecular weight excluding hydrogens is 204 g/mol. The van der Waals surface area contributed by atoms with Crippen LogP contribution >= 0.6 is 0 Å². The summed E-state index contributed by atoms with van der Waals surface area (Å²) in [5.74, 6) is 1.63. The SMILES string of the molecule is CCCCCCCC1CC(C)c2ccccc21. The third-order valence-corrected chi connectivity index (χ3v) is 4.26. The maximum Gasteiger partial charge on any atom is -0.0153 e. The molecule has 94 valence electrons. The van der Waals surface area contributed by atoms with E-state index in [0.717, 1.165) is 11.8 Å². The van der Waals surface area contributed by atoms with E-state index < -0.39 is 0 Å². The quantitative estimate of drug-likeness (QED) is 0.555. The Labute approximate surface area is 106 Å². The van der Waals surface area contributed by atoms with Crippen LogP contribution in [0.4, 0.5) is 0 Å². The summed E-state index contributed by atoms with van der Waals surface area (Å²) in [4.78, 5) is 0. The molecule has 1 aromatic carbocycles. The van der Waals surface area contributed by atoms with Gasteiger partial charge in [-0.05, 0) is 35.8 Å². The minimum absolute atomic E-state index is 0.784. The third-order valence-electron chi connectivity index (χ3n) is 4.26. The van der Waals surface area contributed by atoms with E-state index in [-0.39, 0.29) is 0 Å². The van der Waals surface area contributed by atoms with Gasteiger partial charge in [0.05, 0.1) is 0 Å². The fraction of sp³-hybridized carbons (Fsp3) is 0.647. The molecule has 0 amide bonds. The lowest BCUT2D eigenvalue weighted by molar-refractivity contribution is 0.524. The van der Waals surface area contributed by atoms with E-state index in [1.807, 2.05) is 0 Å². The van der Waals surface area contributed by atoms with Crippen molar-refractivity contribution in [2.24, 2.45) is 0 Å². The van der Waals surface area contributed by atoms with Crippen LogP contribution in [0, 0.1) is 0 Å². The van der Waals surface area contributed by atoms with E-state index in [0.29, 0.717) is 0 Å². The van der Waals surface area contributed by atoms with Crippen molar-refractivity contribution in [3.05, 3.63) is 35.4 Å². The summed E-state index contributed by atoms with van der Waals surface area (Å²) in [5.41, 5.74) is 3.27. The Kier molecular flexibility index (Phi) is 4.65. The molecule has 0 nitrogen and oxygen atoms in total. The van der Waals surface area contributed by atoms with E-state index in [4.69, 9.17) is 0 Å². The van der Waals surface area contributed by atoms with Gasteiger partial charge in [0.1, 0.15) is 0 Å². The van der Waals surface area contributed by atoms with Gasteiger partial charge in [0.25, 0.3) is 0 Å². The Bertz CT molecular complexity index is 340. The fourth-order valence-electron chi connectivity index (χ4n) is 3.28. The molecule has 1 aliphatic rings. The molecule has 0 radical (unpaired) electrons. The minimum Gasteiger partial charge on any atom is -0.0654 e. The number of rotatable bonds is 6. The topological polar surface area (TPSA) is 0 Å². The Hall–Kier alpha value is -0.780. The molecule has 0 fully saturated rings. The third kappa shape index (κ3) is 3.12. The van der Waals surface area contributed by atoms with Crippen LogP contribution in [-0.2, 0) is 0 Å². The van der Waals surface area contributed by atoms with Crippen LogP contribution in [0.15, 0.2) is 24.3 Å². The zero-order valence-electron chi connectivity index (χ0n) is 11.4. The van der Waals surface area contributed by atoms with E-state index in [9.17, 15) is 0 Å². The average molecular weight is 230 g/mol. The highest BCUT2D eigenvalue weighted by molar-refractivity contribution is 5.37. The van der Waals surface area contributed by atoms with Crippen molar-refractivity contribution < 1.29 is 0 Å². The second kappa shape index (κ2) is 6.23. The van der Waals surface area contributed by atoms with Gasteiger partial charge in [-0.1, -0.05) is 70.2 Å². The number of unbranched alkanes of at least 4 members (excludes halogenated alkanes) is 4. The zero-order chi connectivity index (χ0) is 12.1. The van der Waals surface area contributed by atoms with Crippen molar-refractivity contribution in [2.45, 2.75) is 70.6 Å². The van der Waals surface area contributed by atoms with E-state index in [1.165, 1.54) is 44.9 Å². The normalized spacial score (nSPS) is 22.7. The molecule has 0 spiro atoms. The molecule has 17 heavy (non-hydrogen) atoms. The molecule has 2 unspecified atom stereocenters. The molecule has 0 saturated heterocycles. The zero-order valence-corrected chi connectivity index (χ0v) is 11.4. The Morgan fingerprint density at radius 3 is 2.47 bits per heavy atom. The van der Waals surface area contributed by atoms with E-state index >= 15 is 0 Å². The van der Waals surface area contributed by atoms with Gasteiger partial charge in [-0.2, -0.15) is 0 Å². The second-order valence-electron chi connectivity index (χ2n) is 5.67. The highest BCUT2D eigenvalue weighted by atomic mass is 14.3. The van der Waals surface area contributed by atoms with Crippen molar-refractivity contribution in [2.75, 3.05) is 0 Å². The number of hydrogen-bond donors (Lipinski definition) is 0. The largest absolute Gasteiger partial charge is 0.0654 e. The van der Waals surface area contributed by atoms with Crippen molar-refractivity contribution in [1.82, 2.24) is 0 Å². The standard InChI is InChI=1S/C17H26/c1-3-4-5-6-7-10-15-13-14(2)16-11-8-9-12-17(15)16/h8-9,11-12,14-15H,3-7,10,13H2,1-2H3. The minimum atomic E-state index is 0.784. The van der Waals surface area contributed by atoms with Gasteiger partial charge < -0.3 is 0 Å². The maximum atomic E-state index is 2.38. The molecule has 2 atom stereocenters. The molecule has 0 N–H and O–H groups in total. The smallest absolute Gasteiger partial charge is 0.0153 e. The van der Waals surface area contributed by atoms with Crippen LogP contribution < -0.4 is 0 Å². The lowest BCUT2D eigenvalue weighted by atomic mass is 9.94. The first kappa shape index (κ1) is 12.7. The second-order valence-corrected chi connectivity index (χ2v) is 5.67. The first-order valence-corrected chi connectivity index (χ1v) is 7.41. The van der Waals surface area contributed by atoms with Gasteiger partial charge in [0.2, 0.25) is 0 Å². The average Bonchev–Trinajstić information content (AvgIpc) is 2.67. The van der Waals surface area contributed by atoms with Gasteiger partial charge >= 0.3 is 0 Å². The lowest BCUT2D eigenvalue weighted by Gasteiger charge is -2.11. The Balaban J connectivity index is 1.83. The van der Waals surface area contributed by atoms with Crippen LogP contribution in [0.5, 0.6) is 0 Å². The molecule has 0 aromatic heterocycles. The molecule has 0 heterocycles. The summed E-state index contributed by atoms with van der Waals surface area (Å²) in [7, 11) is 0. The molecular formula is C17H26. The molecule has 0 saturated carbocycles. The highest BCUT2D eigenvalue weighted by Crippen LogP contribution is 2.43. The number of benzene rings is 1. The van der Waals surface area contributed by atoms with Crippen molar-refractivity contribution in [3.8, 4) is 0 Å². The monoisotopic (exact) mass is 230 g/mol. The number of fused-ring (bicyclic) bond motifs is 1. The molecule has 1 aliphatic carbocycles. The maximum absolute atomic E-state index is 2.38. The van der Waals surface area contributed by atoms with Crippen molar-refractivity contribution in [1.29, 1.82) is 0 Å². The van der Waals surface area contributed by atoms with Crippen LogP contribution in [0.2, 0.25) is 0 Å². The molecule has 0 bridgehead atoms. The van der Waals surface area contributed by atoms with Crippen LogP contribution in [0.1, 0.15) is 81.8 Å². The predicted molar refractivity (Wildman–Crippen MR) is 75.6 cm³/mol. The summed E-state index contributed by atoms with van der Waals surface area (Å²) < 4.78 is 0. The van der Waals surface area contributed by atoms with Crippen LogP contribution in [-0.4, -0.2) is 0 Å². The van der Waals surface area contributed by atoms with Gasteiger partial charge in [-0.3, -0.25) is 0 Å². The Morgan fingerprint density at radius 2 is 1.71 bits per heavy atom. The first-order valence-electron chi connectivity index (χ1n) is 7.41. The predicted octanol–water partition coefficient (Wildman–Crippen LogP) is 5.64. The molecule has 0 aliphatic heterocycles. The van der Waals surface area contributed by atoms with Gasteiger partial charge in [-0.25, -0.2) is 0 Å². The molecule has 2 rings (SSSR count). The van der Waals surface area contributed by atoms with Crippen molar-refractivity contribution in [3.63, 3.8) is 0 Å². The number of hydrogen-bond acceptors (Lipinski definition) is 0. The van der Waals surface area contributed by atoms with Gasteiger partial charge in [0, 0.05) is 0 Å². The van der Waals surface area contributed by atoms with Crippen LogP contribution in [0.25, 0.3) is 0 Å². The van der Waals surface area contributed by atoms with Crippen molar-refractivity contribution >= 4 is 0 Å². The Morgan fingerprint density at radius 1 is 1.00 bits per heavy atom. The van der Waals surface area contributed by atoms with Crippen LogP contribution in [0.3, 0.4) is 0 Å². The lowest BCUT2D eigenvalue weighted by Crippen LogP contribution is -1.93. The van der Waals surface area contributed by atoms with E-state index in [1.54, 1.807) is 11.1 Å². The highest BCUT2D eigenvalue weighted by Gasteiger charge is 2.26. The summed E-state index contributed by atoms with van der Waals surface area (Å²) in [5, 5.41) is 0. The summed E-state index contributed by atoms with van der Waals surface area (Å²) in [6, 6.07) is 9.09. The fourth-order valence-corrected chi connectivity index (χ4v) is 3.28.